The first-order valence-electron chi connectivity index (χ1n) is 5.78. The summed E-state index contributed by atoms with van der Waals surface area (Å²) in [4.78, 5) is 5.47. The van der Waals surface area contributed by atoms with E-state index < -0.39 is 0 Å². The van der Waals surface area contributed by atoms with Crippen molar-refractivity contribution >= 4 is 32.4 Å². The van der Waals surface area contributed by atoms with E-state index in [0.29, 0.717) is 16.0 Å². The standard InChI is InChI=1S/C13H14BrFN2S/c1-2-3-11-12(18-13(16)17-11)7-8-4-5-9(14)10(15)6-8/h4-6H,2-3,7H2,1H3,(H2,16,17). The third-order valence-electron chi connectivity index (χ3n) is 2.63. The minimum Gasteiger partial charge on any atom is -0.375 e. The Hall–Kier alpha value is -0.940. The van der Waals surface area contributed by atoms with E-state index in [-0.39, 0.29) is 5.82 Å². The maximum atomic E-state index is 13.5. The first-order valence-corrected chi connectivity index (χ1v) is 7.39. The first-order chi connectivity index (χ1) is 8.60. The van der Waals surface area contributed by atoms with Gasteiger partial charge in [-0.05, 0) is 40.0 Å². The number of thiazole rings is 1. The molecule has 0 radical (unpaired) electrons. The number of hydrogen-bond donors (Lipinski definition) is 1. The molecule has 0 saturated carbocycles. The number of halogens is 2. The predicted molar refractivity (Wildman–Crippen MR) is 77.4 cm³/mol. The monoisotopic (exact) mass is 328 g/mol. The van der Waals surface area contributed by atoms with Crippen LogP contribution in [0.5, 0.6) is 0 Å². The molecule has 0 spiro atoms. The second kappa shape index (κ2) is 5.80. The van der Waals surface area contributed by atoms with Gasteiger partial charge in [0.25, 0.3) is 0 Å². The van der Waals surface area contributed by atoms with Gasteiger partial charge >= 0.3 is 0 Å². The van der Waals surface area contributed by atoms with Crippen molar-refractivity contribution in [2.24, 2.45) is 0 Å². The van der Waals surface area contributed by atoms with Crippen molar-refractivity contribution in [1.82, 2.24) is 4.98 Å². The van der Waals surface area contributed by atoms with Crippen LogP contribution in [0.25, 0.3) is 0 Å². The van der Waals surface area contributed by atoms with Gasteiger partial charge in [-0.2, -0.15) is 0 Å². The van der Waals surface area contributed by atoms with Gasteiger partial charge in [-0.3, -0.25) is 0 Å². The lowest BCUT2D eigenvalue weighted by atomic mass is 10.1. The lowest BCUT2D eigenvalue weighted by molar-refractivity contribution is 0.619. The second-order valence-electron chi connectivity index (χ2n) is 4.10. The highest BCUT2D eigenvalue weighted by Crippen LogP contribution is 2.26. The van der Waals surface area contributed by atoms with Gasteiger partial charge < -0.3 is 5.73 Å². The molecule has 5 heteroatoms. The van der Waals surface area contributed by atoms with E-state index in [9.17, 15) is 4.39 Å². The first kappa shape index (κ1) is 13.5. The summed E-state index contributed by atoms with van der Waals surface area (Å²) in [5, 5.41) is 0.589. The molecule has 96 valence electrons. The van der Waals surface area contributed by atoms with Gasteiger partial charge in [-0.15, -0.1) is 11.3 Å². The second-order valence-corrected chi connectivity index (χ2v) is 6.07. The minimum absolute atomic E-state index is 0.234. The van der Waals surface area contributed by atoms with Crippen molar-refractivity contribution in [3.05, 3.63) is 44.6 Å². The summed E-state index contributed by atoms with van der Waals surface area (Å²) in [6, 6.07) is 5.20. The number of anilines is 1. The molecule has 2 N–H and O–H groups in total. The molecule has 0 atom stereocenters. The smallest absolute Gasteiger partial charge is 0.180 e. The fourth-order valence-corrected chi connectivity index (χ4v) is 2.97. The van der Waals surface area contributed by atoms with Crippen LogP contribution in [-0.2, 0) is 12.8 Å². The van der Waals surface area contributed by atoms with E-state index >= 15 is 0 Å². The molecule has 0 unspecified atom stereocenters. The summed E-state index contributed by atoms with van der Waals surface area (Å²) >= 11 is 4.65. The van der Waals surface area contributed by atoms with Gasteiger partial charge in [0, 0.05) is 11.3 Å². The van der Waals surface area contributed by atoms with Gasteiger partial charge in [0.2, 0.25) is 0 Å². The van der Waals surface area contributed by atoms with Crippen LogP contribution >= 0.6 is 27.3 Å². The van der Waals surface area contributed by atoms with Crippen LogP contribution in [0.3, 0.4) is 0 Å². The Kier molecular flexibility index (Phi) is 4.35. The molecule has 0 fully saturated rings. The molecule has 0 aliphatic carbocycles. The maximum Gasteiger partial charge on any atom is 0.180 e. The van der Waals surface area contributed by atoms with Gasteiger partial charge in [-0.1, -0.05) is 19.4 Å². The number of nitrogens with zero attached hydrogens (tertiary/aromatic N) is 1. The normalized spacial score (nSPS) is 10.8. The van der Waals surface area contributed by atoms with E-state index in [2.05, 4.69) is 27.8 Å². The summed E-state index contributed by atoms with van der Waals surface area (Å²) in [5.74, 6) is -0.234. The fraction of sp³-hybridized carbons (Fsp3) is 0.308. The summed E-state index contributed by atoms with van der Waals surface area (Å²) in [6.07, 6.45) is 2.64. The Morgan fingerprint density at radius 2 is 2.22 bits per heavy atom. The average molecular weight is 329 g/mol. The van der Waals surface area contributed by atoms with Crippen LogP contribution in [0.2, 0.25) is 0 Å². The van der Waals surface area contributed by atoms with E-state index in [1.165, 1.54) is 11.3 Å². The minimum atomic E-state index is -0.234. The summed E-state index contributed by atoms with van der Waals surface area (Å²) in [6.45, 7) is 2.11. The topological polar surface area (TPSA) is 38.9 Å². The maximum absolute atomic E-state index is 13.5. The van der Waals surface area contributed by atoms with Crippen LogP contribution in [0, 0.1) is 5.82 Å². The van der Waals surface area contributed by atoms with Crippen molar-refractivity contribution < 1.29 is 4.39 Å². The number of benzene rings is 1. The number of hydrogen-bond acceptors (Lipinski definition) is 3. The summed E-state index contributed by atoms with van der Waals surface area (Å²) in [5.41, 5.74) is 7.73. The lowest BCUT2D eigenvalue weighted by Crippen LogP contribution is -1.93. The quantitative estimate of drug-likeness (QED) is 0.914. The molecule has 1 aromatic heterocycles. The molecule has 0 amide bonds. The third-order valence-corrected chi connectivity index (χ3v) is 4.20. The zero-order valence-corrected chi connectivity index (χ0v) is 12.4. The molecule has 18 heavy (non-hydrogen) atoms. The molecule has 1 heterocycles. The number of aromatic nitrogens is 1. The molecule has 1 aromatic carbocycles. The highest BCUT2D eigenvalue weighted by molar-refractivity contribution is 9.10. The number of nitrogen functional groups attached to an aromatic ring is 1. The third kappa shape index (κ3) is 3.09. The molecule has 0 aliphatic heterocycles. The van der Waals surface area contributed by atoms with Crippen LogP contribution in [0.4, 0.5) is 9.52 Å². The Balaban J connectivity index is 2.24. The van der Waals surface area contributed by atoms with Crippen LogP contribution in [0.1, 0.15) is 29.5 Å². The van der Waals surface area contributed by atoms with Crippen molar-refractivity contribution in [3.8, 4) is 0 Å². The Morgan fingerprint density at radius 3 is 2.89 bits per heavy atom. The van der Waals surface area contributed by atoms with Crippen molar-refractivity contribution in [1.29, 1.82) is 0 Å². The lowest BCUT2D eigenvalue weighted by Gasteiger charge is -2.03. The molecule has 2 aromatic rings. The van der Waals surface area contributed by atoms with E-state index in [0.717, 1.165) is 29.0 Å². The van der Waals surface area contributed by atoms with Gasteiger partial charge in [0.1, 0.15) is 5.82 Å². The van der Waals surface area contributed by atoms with Crippen LogP contribution in [-0.4, -0.2) is 4.98 Å². The molecular formula is C13H14BrFN2S. The molecule has 2 rings (SSSR count). The number of rotatable bonds is 4. The van der Waals surface area contributed by atoms with Gasteiger partial charge in [0.15, 0.2) is 5.13 Å². The van der Waals surface area contributed by atoms with E-state index in [4.69, 9.17) is 5.73 Å². The highest BCUT2D eigenvalue weighted by Gasteiger charge is 2.10. The predicted octanol–water partition coefficient (Wildman–Crippen LogP) is 4.17. The van der Waals surface area contributed by atoms with Crippen molar-refractivity contribution in [3.63, 3.8) is 0 Å². The van der Waals surface area contributed by atoms with Crippen LogP contribution in [0.15, 0.2) is 22.7 Å². The zero-order valence-electron chi connectivity index (χ0n) is 10.0. The Labute approximate surface area is 118 Å². The number of aryl methyl sites for hydroxylation is 1. The van der Waals surface area contributed by atoms with Crippen LogP contribution < -0.4 is 5.73 Å². The fourth-order valence-electron chi connectivity index (χ4n) is 1.81. The van der Waals surface area contributed by atoms with Gasteiger partial charge in [-0.25, -0.2) is 9.37 Å². The van der Waals surface area contributed by atoms with E-state index in [1.807, 2.05) is 6.07 Å². The molecular weight excluding hydrogens is 315 g/mol. The van der Waals surface area contributed by atoms with Crippen molar-refractivity contribution in [2.75, 3.05) is 5.73 Å². The summed E-state index contributed by atoms with van der Waals surface area (Å²) in [7, 11) is 0. The average Bonchev–Trinajstić information content (AvgIpc) is 2.65. The molecule has 0 bridgehead atoms. The summed E-state index contributed by atoms with van der Waals surface area (Å²) < 4.78 is 13.9. The molecule has 0 saturated heterocycles. The molecule has 2 nitrogen and oxygen atoms in total. The van der Waals surface area contributed by atoms with Gasteiger partial charge in [0.05, 0.1) is 10.2 Å². The molecule has 0 aliphatic rings. The van der Waals surface area contributed by atoms with Crippen molar-refractivity contribution in [2.45, 2.75) is 26.2 Å². The SMILES string of the molecule is CCCc1nc(N)sc1Cc1ccc(Br)c(F)c1. The Bertz CT molecular complexity index is 554. The number of nitrogens with two attached hydrogens (primary N) is 1. The zero-order chi connectivity index (χ0) is 13.1. The highest BCUT2D eigenvalue weighted by atomic mass is 79.9. The largest absolute Gasteiger partial charge is 0.375 e. The Morgan fingerprint density at radius 1 is 1.44 bits per heavy atom. The van der Waals surface area contributed by atoms with E-state index in [1.54, 1.807) is 12.1 Å².